The van der Waals surface area contributed by atoms with Crippen molar-refractivity contribution in [1.82, 2.24) is 0 Å². The van der Waals surface area contributed by atoms with Gasteiger partial charge in [-0.1, -0.05) is 39.5 Å². The molecular formula is C12H36As2N2O8. The molecule has 0 bridgehead atoms. The first kappa shape index (κ1) is 32.1. The molecule has 0 aromatic rings. The molecule has 0 aliphatic rings. The van der Waals surface area contributed by atoms with Gasteiger partial charge in [-0.25, -0.2) is 0 Å². The van der Waals surface area contributed by atoms with E-state index in [-0.39, 0.29) is 0 Å². The van der Waals surface area contributed by atoms with Gasteiger partial charge in [0.25, 0.3) is 0 Å². The average Bonchev–Trinajstić information content (AvgIpc) is 2.37. The van der Waals surface area contributed by atoms with E-state index in [9.17, 15) is 0 Å². The van der Waals surface area contributed by atoms with Gasteiger partial charge in [-0.15, -0.1) is 0 Å². The van der Waals surface area contributed by atoms with Crippen molar-refractivity contribution in [3.8, 4) is 0 Å². The number of hydrogen-bond donors (Lipinski definition) is 6. The van der Waals surface area contributed by atoms with Crippen LogP contribution in [0.5, 0.6) is 0 Å². The first-order valence-electron chi connectivity index (χ1n) is 7.94. The van der Waals surface area contributed by atoms with Crippen molar-refractivity contribution in [2.75, 3.05) is 13.1 Å². The Morgan fingerprint density at radius 1 is 0.667 bits per heavy atom. The van der Waals surface area contributed by atoms with Crippen molar-refractivity contribution in [2.45, 2.75) is 65.2 Å². The average molecular weight is 486 g/mol. The van der Waals surface area contributed by atoms with E-state index in [0.717, 1.165) is 13.1 Å². The van der Waals surface area contributed by atoms with Crippen LogP contribution in [-0.4, -0.2) is 58.5 Å². The summed E-state index contributed by atoms with van der Waals surface area (Å²) >= 11 is -10.8. The first-order chi connectivity index (χ1) is 10.8. The summed E-state index contributed by atoms with van der Waals surface area (Å²) in [5.41, 5.74) is 7.51. The molecule has 0 radical (unpaired) electrons. The SMILES string of the molecule is CCCCCC[NH3+].CCCCCC[NH3+].O=[As]([O-])(O)O.O=[As]([O-])(O)O. The third kappa shape index (κ3) is 145. The summed E-state index contributed by atoms with van der Waals surface area (Å²) in [7, 11) is 0. The van der Waals surface area contributed by atoms with Crippen molar-refractivity contribution in [3.63, 3.8) is 0 Å². The van der Waals surface area contributed by atoms with Gasteiger partial charge < -0.3 is 11.5 Å². The van der Waals surface area contributed by atoms with Crippen LogP contribution in [0.2, 0.25) is 0 Å². The molecule has 12 heteroatoms. The molecule has 10 nitrogen and oxygen atoms in total. The summed E-state index contributed by atoms with van der Waals surface area (Å²) in [6.07, 6.45) is 10.8. The molecule has 0 fully saturated rings. The maximum atomic E-state index is 8.83. The van der Waals surface area contributed by atoms with Crippen LogP contribution < -0.4 is 19.7 Å². The zero-order valence-electron chi connectivity index (χ0n) is 14.8. The number of quaternary nitrogens is 2. The second kappa shape index (κ2) is 23.4. The third-order valence-corrected chi connectivity index (χ3v) is 2.21. The molecule has 0 aliphatic heterocycles. The predicted octanol–water partition coefficient (Wildman–Crippen LogP) is -3.99. The molecule has 0 amide bonds. The van der Waals surface area contributed by atoms with E-state index < -0.39 is 29.0 Å². The van der Waals surface area contributed by atoms with E-state index in [1.54, 1.807) is 0 Å². The fourth-order valence-corrected chi connectivity index (χ4v) is 1.21. The monoisotopic (exact) mass is 486 g/mol. The van der Waals surface area contributed by atoms with Gasteiger partial charge in [0.05, 0.1) is 13.1 Å². The van der Waals surface area contributed by atoms with Crippen LogP contribution in [0, 0.1) is 0 Å². The van der Waals surface area contributed by atoms with E-state index in [0.29, 0.717) is 0 Å². The fourth-order valence-electron chi connectivity index (χ4n) is 1.21. The summed E-state index contributed by atoms with van der Waals surface area (Å²) in [6, 6.07) is 0. The van der Waals surface area contributed by atoms with E-state index in [2.05, 4.69) is 25.3 Å². The van der Waals surface area contributed by atoms with Crippen molar-refractivity contribution < 1.29 is 43.5 Å². The Labute approximate surface area is 151 Å². The molecule has 0 spiro atoms. The molecule has 0 heterocycles. The van der Waals surface area contributed by atoms with E-state index in [1.165, 1.54) is 51.4 Å². The van der Waals surface area contributed by atoms with Crippen LogP contribution in [0.3, 0.4) is 0 Å². The molecule has 0 saturated carbocycles. The quantitative estimate of drug-likeness (QED) is 0.146. The molecular weight excluding hydrogens is 450 g/mol. The van der Waals surface area contributed by atoms with Crippen molar-refractivity contribution in [3.05, 3.63) is 0 Å². The standard InChI is InChI=1S/2C6H15N.2AsH3O4/c2*1-2-3-4-5-6-7;2*2-1(3,4)5/h2*2-7H2,1H3;2*(H3,2,3,4,5). The molecule has 0 aromatic heterocycles. The zero-order chi connectivity index (χ0) is 20.1. The van der Waals surface area contributed by atoms with Gasteiger partial charge in [0, 0.05) is 0 Å². The van der Waals surface area contributed by atoms with Gasteiger partial charge in [0.2, 0.25) is 0 Å². The summed E-state index contributed by atoms with van der Waals surface area (Å²) in [5, 5.41) is 0. The molecule has 0 aliphatic carbocycles. The van der Waals surface area contributed by atoms with Gasteiger partial charge in [-0.05, 0) is 25.7 Å². The Kier molecular flexibility index (Phi) is 31.3. The van der Waals surface area contributed by atoms with Gasteiger partial charge in [-0.3, -0.25) is 0 Å². The van der Waals surface area contributed by atoms with Crippen LogP contribution in [0.1, 0.15) is 65.2 Å². The minimum atomic E-state index is -5.38. The summed E-state index contributed by atoms with van der Waals surface area (Å²) in [4.78, 5) is 0. The Hall–Kier alpha value is 0.397. The van der Waals surface area contributed by atoms with Gasteiger partial charge >= 0.3 is 61.1 Å². The van der Waals surface area contributed by atoms with Gasteiger partial charge in [0.15, 0.2) is 0 Å². The van der Waals surface area contributed by atoms with Gasteiger partial charge in [0.1, 0.15) is 0 Å². The molecule has 10 N–H and O–H groups in total. The van der Waals surface area contributed by atoms with Crippen LogP contribution in [-0.2, 0) is 7.48 Å². The number of rotatable bonds is 8. The summed E-state index contributed by atoms with van der Waals surface area (Å²) in [6.45, 7) is 6.67. The summed E-state index contributed by atoms with van der Waals surface area (Å²) < 4.78 is 63.9. The normalized spacial score (nSPS) is 10.4. The van der Waals surface area contributed by atoms with E-state index in [1.807, 2.05) is 0 Å². The number of hydrogen-bond acceptors (Lipinski definition) is 4. The van der Waals surface area contributed by atoms with Crippen LogP contribution in [0.15, 0.2) is 0 Å². The van der Waals surface area contributed by atoms with Crippen molar-refractivity contribution >= 4 is 29.0 Å². The second-order valence-electron chi connectivity index (χ2n) is 4.81. The zero-order valence-corrected chi connectivity index (χ0v) is 18.6. The molecule has 0 rings (SSSR count). The Bertz CT molecular complexity index is 255. The Morgan fingerprint density at radius 2 is 0.875 bits per heavy atom. The second-order valence-corrected chi connectivity index (χ2v) is 8.93. The molecule has 0 saturated heterocycles. The van der Waals surface area contributed by atoms with E-state index >= 15 is 0 Å². The number of unbranched alkanes of at least 4 members (excludes halogenated alkanes) is 6. The van der Waals surface area contributed by atoms with Crippen LogP contribution >= 0.6 is 0 Å². The molecule has 0 unspecified atom stereocenters. The van der Waals surface area contributed by atoms with Crippen LogP contribution in [0.25, 0.3) is 0 Å². The topological polar surface area (TPSA) is 216 Å². The molecule has 24 heavy (non-hydrogen) atoms. The molecule has 0 atom stereocenters. The van der Waals surface area contributed by atoms with Crippen molar-refractivity contribution in [1.29, 1.82) is 0 Å². The fraction of sp³-hybridized carbons (Fsp3) is 1.00. The Balaban J connectivity index is -0.000000113. The Morgan fingerprint density at radius 3 is 1.00 bits per heavy atom. The summed E-state index contributed by atoms with van der Waals surface area (Å²) in [5.74, 6) is 0. The van der Waals surface area contributed by atoms with Crippen LogP contribution in [0.4, 0.5) is 0 Å². The van der Waals surface area contributed by atoms with Gasteiger partial charge in [-0.2, -0.15) is 0 Å². The predicted molar refractivity (Wildman–Crippen MR) is 85.6 cm³/mol. The van der Waals surface area contributed by atoms with E-state index in [4.69, 9.17) is 32.1 Å². The maximum absolute atomic E-state index is 8.83. The first-order valence-corrected chi connectivity index (χ1v) is 14.4. The minimum absolute atomic E-state index is 1.11. The third-order valence-electron chi connectivity index (χ3n) is 2.21. The van der Waals surface area contributed by atoms with Crippen molar-refractivity contribution in [2.24, 2.45) is 0 Å². The molecule has 152 valence electrons. The molecule has 0 aromatic carbocycles.